The lowest BCUT2D eigenvalue weighted by molar-refractivity contribution is -0.0989. The maximum Gasteiger partial charge on any atom is 0.221 e. The molecule has 1 atom stereocenters. The highest BCUT2D eigenvalue weighted by Gasteiger charge is 2.59. The molecule has 3 fully saturated rings. The van der Waals surface area contributed by atoms with Crippen LogP contribution in [0.15, 0.2) is 55.0 Å². The van der Waals surface area contributed by atoms with Crippen LogP contribution >= 0.6 is 0 Å². The first-order chi connectivity index (χ1) is 21.2. The molecule has 3 saturated carbocycles. The van der Waals surface area contributed by atoms with E-state index in [2.05, 4.69) is 76.1 Å². The molecule has 0 unspecified atom stereocenters. The molecule has 2 bridgehead atoms. The Morgan fingerprint density at radius 2 is 1.84 bits per heavy atom. The van der Waals surface area contributed by atoms with Gasteiger partial charge in [-0.25, -0.2) is 9.67 Å². The number of methoxy groups -OCH3 is 1. The number of nitrogens with zero attached hydrogens (tertiary/aromatic N) is 7. The Morgan fingerprint density at radius 3 is 2.52 bits per heavy atom. The Balaban J connectivity index is 1.38. The molecule has 0 aliphatic heterocycles. The van der Waals surface area contributed by atoms with E-state index in [1.165, 1.54) is 6.20 Å². The third-order valence-electron chi connectivity index (χ3n) is 8.93. The van der Waals surface area contributed by atoms with Crippen molar-refractivity contribution in [3.63, 3.8) is 0 Å². The van der Waals surface area contributed by atoms with Crippen LogP contribution in [0.3, 0.4) is 0 Å². The molecule has 0 saturated heterocycles. The summed E-state index contributed by atoms with van der Waals surface area (Å²) in [7, 11) is 1.62. The second-order valence-electron chi connectivity index (χ2n) is 13.2. The number of pyridine rings is 2. The minimum Gasteiger partial charge on any atom is -0.481 e. The Bertz CT molecular complexity index is 1990. The van der Waals surface area contributed by atoms with Gasteiger partial charge >= 0.3 is 0 Å². The zero-order valence-electron chi connectivity index (χ0n) is 25.2. The molecular formula is C34H33N9O. The van der Waals surface area contributed by atoms with E-state index in [-0.39, 0.29) is 11.0 Å². The number of hydrogen-bond acceptors (Lipinski definition) is 9. The number of fused-ring (bicyclic) bond motifs is 2. The van der Waals surface area contributed by atoms with Crippen molar-refractivity contribution in [1.82, 2.24) is 25.0 Å². The quantitative estimate of drug-likeness (QED) is 0.216. The van der Waals surface area contributed by atoms with Gasteiger partial charge in [-0.1, -0.05) is 38.1 Å². The average Bonchev–Trinajstić information content (AvgIpc) is 3.44. The fourth-order valence-electron chi connectivity index (χ4n) is 6.55. The second-order valence-corrected chi connectivity index (χ2v) is 13.2. The van der Waals surface area contributed by atoms with Crippen molar-refractivity contribution in [3.05, 3.63) is 77.4 Å². The lowest BCUT2D eigenvalue weighted by Crippen LogP contribution is -2.59. The van der Waals surface area contributed by atoms with Crippen molar-refractivity contribution < 1.29 is 4.74 Å². The highest BCUT2D eigenvalue weighted by Crippen LogP contribution is 2.62. The number of rotatable bonds is 8. The largest absolute Gasteiger partial charge is 0.481 e. The molecule has 3 aliphatic carbocycles. The van der Waals surface area contributed by atoms with Crippen LogP contribution in [-0.4, -0.2) is 38.6 Å². The van der Waals surface area contributed by atoms with Crippen molar-refractivity contribution in [2.75, 3.05) is 24.3 Å². The molecule has 5 aromatic rings. The van der Waals surface area contributed by atoms with Crippen molar-refractivity contribution in [1.29, 1.82) is 10.5 Å². The van der Waals surface area contributed by atoms with E-state index < -0.39 is 6.04 Å². The summed E-state index contributed by atoms with van der Waals surface area (Å²) < 4.78 is 7.63. The smallest absolute Gasteiger partial charge is 0.221 e. The standard InChI is InChI=1S/C34H33N9O/c1-33(2,3)19-39-30-22(16-36)17-38-29-21(15-35)10-23(11-27(29)30)40-31(28-18-43(42-41-28)34-12-20(13-34)14-34)25-6-5-7-26-24(25)8-9-37-32(26)44-4/h5-11,17-18,20,31,40H,12-14,19H2,1-4H3,(H,38,39)/t20?,31-,34?/m0/s1. The fourth-order valence-corrected chi connectivity index (χ4v) is 6.55. The van der Waals surface area contributed by atoms with Gasteiger partial charge in [0.25, 0.3) is 0 Å². The summed E-state index contributed by atoms with van der Waals surface area (Å²) in [5.74, 6) is 1.35. The number of ether oxygens (including phenoxy) is 1. The number of aromatic nitrogens is 5. The zero-order chi connectivity index (χ0) is 30.6. The van der Waals surface area contributed by atoms with Gasteiger partial charge in [0.05, 0.1) is 47.2 Å². The SMILES string of the molecule is COc1nccc2c([C@H](Nc3cc(C#N)c4ncc(C#N)c(NCC(C)(C)C)c4c3)c3cn(C45CC(C4)C5)nn3)cccc12. The van der Waals surface area contributed by atoms with Crippen LogP contribution < -0.4 is 15.4 Å². The van der Waals surface area contributed by atoms with Crippen LogP contribution in [-0.2, 0) is 5.54 Å². The second kappa shape index (κ2) is 10.2. The maximum absolute atomic E-state index is 10.2. The first-order valence-corrected chi connectivity index (χ1v) is 14.8. The van der Waals surface area contributed by atoms with Gasteiger partial charge in [0.1, 0.15) is 17.8 Å². The molecule has 220 valence electrons. The Hall–Kier alpha value is -5.22. The summed E-state index contributed by atoms with van der Waals surface area (Å²) in [4.78, 5) is 8.93. The number of nitrogens with one attached hydrogen (secondary N) is 2. The van der Waals surface area contributed by atoms with Crippen LogP contribution in [0.25, 0.3) is 21.7 Å². The highest BCUT2D eigenvalue weighted by atomic mass is 16.5. The average molecular weight is 584 g/mol. The molecule has 2 aromatic carbocycles. The molecule has 3 heterocycles. The maximum atomic E-state index is 10.2. The third kappa shape index (κ3) is 4.55. The number of hydrogen-bond donors (Lipinski definition) is 2. The van der Waals surface area contributed by atoms with Crippen LogP contribution in [0.1, 0.15) is 68.5 Å². The van der Waals surface area contributed by atoms with E-state index in [1.807, 2.05) is 28.9 Å². The lowest BCUT2D eigenvalue weighted by atomic mass is 9.50. The van der Waals surface area contributed by atoms with Gasteiger partial charge in [-0.15, -0.1) is 5.10 Å². The van der Waals surface area contributed by atoms with E-state index in [0.29, 0.717) is 45.8 Å². The Labute approximate surface area is 255 Å². The van der Waals surface area contributed by atoms with Gasteiger partial charge in [-0.2, -0.15) is 10.5 Å². The minimum absolute atomic E-state index is 0.0299. The summed E-state index contributed by atoms with van der Waals surface area (Å²) in [5.41, 5.74) is 4.55. The van der Waals surface area contributed by atoms with Gasteiger partial charge in [-0.3, -0.25) is 4.98 Å². The fraction of sp³-hybridized carbons (Fsp3) is 0.353. The lowest BCUT2D eigenvalue weighted by Gasteiger charge is -2.61. The van der Waals surface area contributed by atoms with Crippen molar-refractivity contribution in [2.45, 2.75) is 51.6 Å². The zero-order valence-corrected chi connectivity index (χ0v) is 25.2. The number of anilines is 2. The molecule has 0 radical (unpaired) electrons. The van der Waals surface area contributed by atoms with Crippen LogP contribution in [0.2, 0.25) is 0 Å². The third-order valence-corrected chi connectivity index (χ3v) is 8.93. The summed E-state index contributed by atoms with van der Waals surface area (Å²) in [6.07, 6.45) is 8.79. The molecule has 3 aliphatic rings. The van der Waals surface area contributed by atoms with Gasteiger partial charge in [0.15, 0.2) is 0 Å². The predicted octanol–water partition coefficient (Wildman–Crippen LogP) is 6.29. The molecule has 44 heavy (non-hydrogen) atoms. The predicted molar refractivity (Wildman–Crippen MR) is 168 cm³/mol. The Morgan fingerprint density at radius 1 is 1.05 bits per heavy atom. The summed E-state index contributed by atoms with van der Waals surface area (Å²) in [6.45, 7) is 7.02. The van der Waals surface area contributed by atoms with Crippen molar-refractivity contribution in [2.24, 2.45) is 11.3 Å². The molecule has 0 spiro atoms. The number of nitriles is 2. The molecule has 10 heteroatoms. The van der Waals surface area contributed by atoms with E-state index in [0.717, 1.165) is 47.2 Å². The summed E-state index contributed by atoms with van der Waals surface area (Å²) in [6, 6.07) is 16.0. The monoisotopic (exact) mass is 583 g/mol. The van der Waals surface area contributed by atoms with E-state index in [1.54, 1.807) is 19.4 Å². The van der Waals surface area contributed by atoms with E-state index >= 15 is 0 Å². The summed E-state index contributed by atoms with van der Waals surface area (Å²) in [5, 5.41) is 39.1. The number of benzene rings is 2. The first-order valence-electron chi connectivity index (χ1n) is 14.8. The normalized spacial score (nSPS) is 19.4. The molecule has 3 aromatic heterocycles. The Kier molecular flexibility index (Phi) is 6.40. The van der Waals surface area contributed by atoms with Gasteiger partial charge in [0, 0.05) is 35.4 Å². The van der Waals surface area contributed by atoms with Gasteiger partial charge in [-0.05, 0) is 65.8 Å². The van der Waals surface area contributed by atoms with Crippen LogP contribution in [0.4, 0.5) is 11.4 Å². The van der Waals surface area contributed by atoms with Crippen LogP contribution in [0, 0.1) is 34.0 Å². The molecule has 10 nitrogen and oxygen atoms in total. The molecule has 8 rings (SSSR count). The first kappa shape index (κ1) is 27.6. The van der Waals surface area contributed by atoms with Gasteiger partial charge < -0.3 is 15.4 Å². The highest BCUT2D eigenvalue weighted by molar-refractivity contribution is 5.99. The molecule has 0 amide bonds. The summed E-state index contributed by atoms with van der Waals surface area (Å²) >= 11 is 0. The van der Waals surface area contributed by atoms with Crippen molar-refractivity contribution >= 4 is 33.1 Å². The minimum atomic E-state index is -0.408. The van der Waals surface area contributed by atoms with E-state index in [9.17, 15) is 10.5 Å². The topological polar surface area (TPSA) is 137 Å². The van der Waals surface area contributed by atoms with Crippen molar-refractivity contribution in [3.8, 4) is 18.0 Å². The van der Waals surface area contributed by atoms with Gasteiger partial charge in [0.2, 0.25) is 5.88 Å². The molecular weight excluding hydrogens is 550 g/mol. The van der Waals surface area contributed by atoms with E-state index in [4.69, 9.17) is 4.74 Å². The molecule has 2 N–H and O–H groups in total. The van der Waals surface area contributed by atoms with Crippen LogP contribution in [0.5, 0.6) is 5.88 Å².